The van der Waals surface area contributed by atoms with Crippen LogP contribution in [-0.2, 0) is 20.4 Å². The molecule has 1 aromatic heterocycles. The van der Waals surface area contributed by atoms with Crippen LogP contribution in [0.2, 0.25) is 0 Å². The number of aromatic nitrogens is 3. The number of carboxylic acid groups (broad SMARTS) is 2. The quantitative estimate of drug-likeness (QED) is 0.311. The van der Waals surface area contributed by atoms with Gasteiger partial charge in [0.25, 0.3) is 5.69 Å². The van der Waals surface area contributed by atoms with Crippen molar-refractivity contribution in [2.24, 2.45) is 0 Å². The van der Waals surface area contributed by atoms with Crippen molar-refractivity contribution < 1.29 is 28.9 Å². The van der Waals surface area contributed by atoms with E-state index in [1.54, 1.807) is 18.2 Å². The number of rotatable bonds is 6. The summed E-state index contributed by atoms with van der Waals surface area (Å²) in [5, 5.41) is 34.8. The van der Waals surface area contributed by atoms with Crippen LogP contribution in [0.4, 0.5) is 5.69 Å². The molecule has 3 rings (SSSR count). The van der Waals surface area contributed by atoms with Crippen LogP contribution < -0.4 is 0 Å². The molecule has 11 nitrogen and oxygen atoms in total. The zero-order chi connectivity index (χ0) is 20.6. The average Bonchev–Trinajstić information content (AvgIpc) is 3.01. The van der Waals surface area contributed by atoms with Crippen LogP contribution in [0.5, 0.6) is 0 Å². The molecule has 0 saturated carbocycles. The molecule has 1 unspecified atom stereocenters. The average molecular weight is 469 g/mol. The Bertz CT molecular complexity index is 1150. The summed E-state index contributed by atoms with van der Waals surface area (Å²) in [7, 11) is -2.60. The van der Waals surface area contributed by atoms with Gasteiger partial charge in [0, 0.05) is 11.5 Å². The summed E-state index contributed by atoms with van der Waals surface area (Å²) in [6.45, 7) is 0. The predicted octanol–water partition coefficient (Wildman–Crippen LogP) is 1.74. The van der Waals surface area contributed by atoms with Gasteiger partial charge in [-0.3, -0.25) is 24.3 Å². The molecule has 0 aliphatic rings. The number of nitrogens with zero attached hydrogens (tertiary/aromatic N) is 4. The first-order chi connectivity index (χ1) is 13.2. The minimum absolute atomic E-state index is 0.0179. The first kappa shape index (κ1) is 19.6. The van der Waals surface area contributed by atoms with Gasteiger partial charge in [0.1, 0.15) is 10.8 Å². The number of halogens is 1. The topological polar surface area (TPSA) is 166 Å². The third-order valence-corrected chi connectivity index (χ3v) is 5.72. The molecule has 0 fully saturated rings. The van der Waals surface area contributed by atoms with Gasteiger partial charge in [0.05, 0.1) is 16.0 Å². The molecule has 1 heterocycles. The maximum Gasteiger partial charge on any atom is 0.331 e. The Morgan fingerprint density at radius 1 is 1.11 bits per heavy atom. The van der Waals surface area contributed by atoms with E-state index in [0.717, 1.165) is 4.57 Å². The van der Waals surface area contributed by atoms with E-state index >= 15 is 0 Å². The van der Waals surface area contributed by atoms with Crippen molar-refractivity contribution in [3.8, 4) is 5.69 Å². The molecule has 2 N–H and O–H groups in total. The Kier molecular flexibility index (Phi) is 5.20. The second kappa shape index (κ2) is 7.44. The van der Waals surface area contributed by atoms with E-state index in [1.165, 1.54) is 18.2 Å². The van der Waals surface area contributed by atoms with Crippen LogP contribution in [0.3, 0.4) is 0 Å². The van der Waals surface area contributed by atoms with Crippen molar-refractivity contribution in [1.82, 2.24) is 14.8 Å². The molecular formula is C15H9BrN4O7S. The molecule has 0 spiro atoms. The first-order valence-corrected chi connectivity index (χ1v) is 9.38. The number of aliphatic carboxylic acids is 2. The molecule has 144 valence electrons. The van der Waals surface area contributed by atoms with Gasteiger partial charge < -0.3 is 10.2 Å². The number of fused-ring (bicyclic) bond motifs is 1. The Balaban J connectivity index is 2.28. The van der Waals surface area contributed by atoms with E-state index in [-0.39, 0.29) is 21.5 Å². The fourth-order valence-corrected chi connectivity index (χ4v) is 4.22. The van der Waals surface area contributed by atoms with Crippen LogP contribution in [-0.4, -0.2) is 51.3 Å². The fourth-order valence-electron chi connectivity index (χ4n) is 2.60. The number of nitro benzene ring substituents is 1. The zero-order valence-corrected chi connectivity index (χ0v) is 16.0. The zero-order valence-electron chi connectivity index (χ0n) is 13.6. The standard InChI is InChI=1S/C15H9BrN4O7S/c16-14-17-18-15(28(27)11(12(21)22)13(23)24)19(14)9-5-6-10(20(25)26)8-4-2-1-3-7(8)9/h1-6,11H,(H,21,22)(H,23,24). The Morgan fingerprint density at radius 3 is 2.29 bits per heavy atom. The molecular weight excluding hydrogens is 460 g/mol. The molecule has 2 aromatic carbocycles. The predicted molar refractivity (Wildman–Crippen MR) is 98.7 cm³/mol. The second-order valence-electron chi connectivity index (χ2n) is 5.35. The number of hydrogen-bond acceptors (Lipinski definition) is 7. The van der Waals surface area contributed by atoms with Gasteiger partial charge in [-0.25, -0.2) is 4.21 Å². The highest BCUT2D eigenvalue weighted by Gasteiger charge is 2.37. The van der Waals surface area contributed by atoms with Crippen molar-refractivity contribution in [1.29, 1.82) is 0 Å². The van der Waals surface area contributed by atoms with Crippen molar-refractivity contribution in [2.45, 2.75) is 10.4 Å². The number of hydrogen-bond donors (Lipinski definition) is 2. The van der Waals surface area contributed by atoms with E-state index in [2.05, 4.69) is 26.1 Å². The van der Waals surface area contributed by atoms with Gasteiger partial charge in [-0.15, -0.1) is 10.2 Å². The minimum Gasteiger partial charge on any atom is -0.480 e. The van der Waals surface area contributed by atoms with Crippen molar-refractivity contribution >= 4 is 55.1 Å². The maximum absolute atomic E-state index is 12.6. The van der Waals surface area contributed by atoms with Gasteiger partial charge in [-0.05, 0) is 28.1 Å². The van der Waals surface area contributed by atoms with Gasteiger partial charge >= 0.3 is 11.9 Å². The number of nitro groups is 1. The van der Waals surface area contributed by atoms with Crippen LogP contribution >= 0.6 is 15.9 Å². The highest BCUT2D eigenvalue weighted by Crippen LogP contribution is 2.33. The molecule has 0 amide bonds. The molecule has 3 aromatic rings. The third-order valence-electron chi connectivity index (χ3n) is 3.75. The van der Waals surface area contributed by atoms with Crippen LogP contribution in [0.25, 0.3) is 16.5 Å². The van der Waals surface area contributed by atoms with Crippen molar-refractivity contribution in [3.05, 3.63) is 51.2 Å². The lowest BCUT2D eigenvalue weighted by Gasteiger charge is -2.12. The second-order valence-corrected chi connectivity index (χ2v) is 7.49. The monoisotopic (exact) mass is 468 g/mol. The largest absolute Gasteiger partial charge is 0.480 e. The molecule has 0 saturated heterocycles. The van der Waals surface area contributed by atoms with E-state index in [4.69, 9.17) is 10.2 Å². The molecule has 13 heteroatoms. The summed E-state index contributed by atoms with van der Waals surface area (Å²) in [6.07, 6.45) is 0. The lowest BCUT2D eigenvalue weighted by molar-refractivity contribution is -0.383. The first-order valence-electron chi connectivity index (χ1n) is 7.37. The fraction of sp³-hybridized carbons (Fsp3) is 0.0667. The number of carbonyl (C=O) groups is 2. The molecule has 0 aliphatic heterocycles. The number of non-ortho nitro benzene ring substituents is 1. The Morgan fingerprint density at radius 2 is 1.71 bits per heavy atom. The van der Waals surface area contributed by atoms with Gasteiger partial charge in [0.2, 0.25) is 15.1 Å². The summed E-state index contributed by atoms with van der Waals surface area (Å²) in [5.41, 5.74) is 0.0936. The molecule has 0 radical (unpaired) electrons. The molecule has 28 heavy (non-hydrogen) atoms. The van der Waals surface area contributed by atoms with E-state index in [9.17, 15) is 23.9 Å². The lowest BCUT2D eigenvalue weighted by atomic mass is 10.1. The Labute approximate surface area is 166 Å². The maximum atomic E-state index is 12.6. The number of benzene rings is 2. The van der Waals surface area contributed by atoms with Crippen molar-refractivity contribution in [3.63, 3.8) is 0 Å². The van der Waals surface area contributed by atoms with Crippen LogP contribution in [0, 0.1) is 10.1 Å². The van der Waals surface area contributed by atoms with Gasteiger partial charge in [-0.1, -0.05) is 18.2 Å². The highest BCUT2D eigenvalue weighted by atomic mass is 79.9. The van der Waals surface area contributed by atoms with Gasteiger partial charge in [0.15, 0.2) is 0 Å². The summed E-state index contributed by atoms with van der Waals surface area (Å²) < 4.78 is 13.8. The normalized spacial score (nSPS) is 12.2. The lowest BCUT2D eigenvalue weighted by Crippen LogP contribution is -2.35. The molecule has 1 atom stereocenters. The van der Waals surface area contributed by atoms with E-state index < -0.39 is 38.1 Å². The minimum atomic E-state index is -2.60. The van der Waals surface area contributed by atoms with Crippen LogP contribution in [0.15, 0.2) is 46.3 Å². The Hall–Kier alpha value is -3.19. The summed E-state index contributed by atoms with van der Waals surface area (Å²) in [5.74, 6) is -3.60. The third kappa shape index (κ3) is 3.25. The highest BCUT2D eigenvalue weighted by molar-refractivity contribution is 9.10. The molecule has 0 aliphatic carbocycles. The number of carboxylic acids is 2. The summed E-state index contributed by atoms with van der Waals surface area (Å²) in [4.78, 5) is 33.2. The summed E-state index contributed by atoms with van der Waals surface area (Å²) >= 11 is 3.10. The SMILES string of the molecule is O=C(O)C(C(=O)O)S(=O)c1nnc(Br)n1-c1ccc([N+](=O)[O-])c2ccccc12. The summed E-state index contributed by atoms with van der Waals surface area (Å²) in [6, 6.07) is 8.90. The van der Waals surface area contributed by atoms with Crippen molar-refractivity contribution in [2.75, 3.05) is 0 Å². The van der Waals surface area contributed by atoms with Gasteiger partial charge in [-0.2, -0.15) is 0 Å². The van der Waals surface area contributed by atoms with E-state index in [1.807, 2.05) is 0 Å². The smallest absolute Gasteiger partial charge is 0.331 e. The van der Waals surface area contributed by atoms with E-state index in [0.29, 0.717) is 5.39 Å². The molecule has 0 bridgehead atoms. The van der Waals surface area contributed by atoms with Crippen LogP contribution in [0.1, 0.15) is 0 Å².